The second kappa shape index (κ2) is 8.47. The molecule has 2 aromatic rings. The first kappa shape index (κ1) is 17.2. The van der Waals surface area contributed by atoms with Gasteiger partial charge in [0, 0.05) is 11.6 Å². The van der Waals surface area contributed by atoms with E-state index in [0.29, 0.717) is 0 Å². The number of thiazole rings is 1. The highest BCUT2D eigenvalue weighted by atomic mass is 32.1. The summed E-state index contributed by atoms with van der Waals surface area (Å²) in [7, 11) is 0. The molecule has 2 atom stereocenters. The highest BCUT2D eigenvalue weighted by molar-refractivity contribution is 7.09. The molecular formula is C16H20FN3O2S. The lowest BCUT2D eigenvalue weighted by molar-refractivity contribution is 0.221. The third-order valence-corrected chi connectivity index (χ3v) is 4.06. The van der Waals surface area contributed by atoms with Crippen molar-refractivity contribution in [1.29, 1.82) is 0 Å². The van der Waals surface area contributed by atoms with Crippen LogP contribution in [0.5, 0.6) is 5.75 Å². The predicted octanol–water partition coefficient (Wildman–Crippen LogP) is 3.50. The number of amides is 2. The number of hydrogen-bond acceptors (Lipinski definition) is 4. The van der Waals surface area contributed by atoms with Gasteiger partial charge in [-0.3, -0.25) is 0 Å². The van der Waals surface area contributed by atoms with Crippen LogP contribution in [0.25, 0.3) is 0 Å². The molecule has 0 fully saturated rings. The number of carbonyl (C=O) groups excluding carboxylic acids is 1. The summed E-state index contributed by atoms with van der Waals surface area (Å²) in [6, 6.07) is 5.51. The zero-order chi connectivity index (χ0) is 16.7. The molecule has 0 spiro atoms. The standard InChI is InChI=1S/C16H20FN3O2S/c1-3-13(15-18-8-9-23-15)20-16(21)19-11(2)10-22-14-7-5-4-6-12(14)17/h4-9,11,13H,3,10H2,1-2H3,(H2,19,20,21)/t11-,13+/m0/s1. The average molecular weight is 337 g/mol. The Bertz CT molecular complexity index is 622. The van der Waals surface area contributed by atoms with Gasteiger partial charge in [-0.25, -0.2) is 14.2 Å². The van der Waals surface area contributed by atoms with E-state index in [-0.39, 0.29) is 30.5 Å². The minimum Gasteiger partial charge on any atom is -0.488 e. The SMILES string of the molecule is CC[C@@H](NC(=O)N[C@@H](C)COc1ccccc1F)c1nccs1. The first-order chi connectivity index (χ1) is 11.1. The molecule has 1 aromatic carbocycles. The molecule has 0 aliphatic rings. The quantitative estimate of drug-likeness (QED) is 0.813. The van der Waals surface area contributed by atoms with Gasteiger partial charge >= 0.3 is 6.03 Å². The van der Waals surface area contributed by atoms with Crippen LogP contribution in [0.4, 0.5) is 9.18 Å². The van der Waals surface area contributed by atoms with Crippen molar-refractivity contribution in [1.82, 2.24) is 15.6 Å². The van der Waals surface area contributed by atoms with E-state index in [4.69, 9.17) is 4.74 Å². The maximum atomic E-state index is 13.4. The number of urea groups is 1. The summed E-state index contributed by atoms with van der Waals surface area (Å²) in [5.41, 5.74) is 0. The molecule has 2 N–H and O–H groups in total. The lowest BCUT2D eigenvalue weighted by Crippen LogP contribution is -2.44. The van der Waals surface area contributed by atoms with Gasteiger partial charge in [0.25, 0.3) is 0 Å². The smallest absolute Gasteiger partial charge is 0.315 e. The molecule has 0 saturated heterocycles. The first-order valence-corrected chi connectivity index (χ1v) is 8.31. The van der Waals surface area contributed by atoms with E-state index in [1.165, 1.54) is 17.4 Å². The number of aromatic nitrogens is 1. The number of rotatable bonds is 7. The first-order valence-electron chi connectivity index (χ1n) is 7.44. The van der Waals surface area contributed by atoms with Gasteiger partial charge in [-0.2, -0.15) is 0 Å². The number of benzene rings is 1. The van der Waals surface area contributed by atoms with Crippen LogP contribution in [0.1, 0.15) is 31.3 Å². The van der Waals surface area contributed by atoms with Gasteiger partial charge in [-0.15, -0.1) is 11.3 Å². The molecule has 5 nitrogen and oxygen atoms in total. The van der Waals surface area contributed by atoms with E-state index >= 15 is 0 Å². The predicted molar refractivity (Wildman–Crippen MR) is 88.2 cm³/mol. The average Bonchev–Trinajstić information content (AvgIpc) is 3.06. The van der Waals surface area contributed by atoms with Crippen molar-refractivity contribution in [2.75, 3.05) is 6.61 Å². The number of nitrogens with zero attached hydrogens (tertiary/aromatic N) is 1. The summed E-state index contributed by atoms with van der Waals surface area (Å²) in [6.07, 6.45) is 2.47. The van der Waals surface area contributed by atoms with Crippen molar-refractivity contribution in [3.05, 3.63) is 46.7 Å². The fourth-order valence-corrected chi connectivity index (χ4v) is 2.76. The van der Waals surface area contributed by atoms with Crippen LogP contribution in [0, 0.1) is 5.82 Å². The lowest BCUT2D eigenvalue weighted by atomic mass is 10.2. The van der Waals surface area contributed by atoms with Crippen molar-refractivity contribution in [3.63, 3.8) is 0 Å². The van der Waals surface area contributed by atoms with Crippen LogP contribution < -0.4 is 15.4 Å². The Balaban J connectivity index is 1.79. The van der Waals surface area contributed by atoms with Crippen molar-refractivity contribution < 1.29 is 13.9 Å². The highest BCUT2D eigenvalue weighted by Crippen LogP contribution is 2.18. The Morgan fingerprint density at radius 3 is 2.83 bits per heavy atom. The monoisotopic (exact) mass is 337 g/mol. The molecule has 2 rings (SSSR count). The number of ether oxygens (including phenoxy) is 1. The highest BCUT2D eigenvalue weighted by Gasteiger charge is 2.16. The summed E-state index contributed by atoms with van der Waals surface area (Å²) in [4.78, 5) is 16.2. The van der Waals surface area contributed by atoms with Gasteiger partial charge in [0.1, 0.15) is 11.6 Å². The normalized spacial score (nSPS) is 13.2. The molecule has 0 radical (unpaired) electrons. The minimum atomic E-state index is -0.418. The molecule has 7 heteroatoms. The number of halogens is 1. The van der Waals surface area contributed by atoms with E-state index in [2.05, 4.69) is 15.6 Å². The Morgan fingerprint density at radius 1 is 1.39 bits per heavy atom. The van der Waals surface area contributed by atoms with Crippen LogP contribution in [-0.2, 0) is 0 Å². The molecule has 0 aliphatic carbocycles. The molecule has 23 heavy (non-hydrogen) atoms. The Hall–Kier alpha value is -2.15. The molecule has 0 aliphatic heterocycles. The zero-order valence-corrected chi connectivity index (χ0v) is 13.9. The number of hydrogen-bond donors (Lipinski definition) is 2. The Morgan fingerprint density at radius 2 is 2.17 bits per heavy atom. The van der Waals surface area contributed by atoms with E-state index in [9.17, 15) is 9.18 Å². The molecule has 2 amide bonds. The van der Waals surface area contributed by atoms with E-state index in [1.54, 1.807) is 31.3 Å². The van der Waals surface area contributed by atoms with Crippen LogP contribution in [0.15, 0.2) is 35.8 Å². The fourth-order valence-electron chi connectivity index (χ4n) is 1.99. The zero-order valence-electron chi connectivity index (χ0n) is 13.1. The number of nitrogens with one attached hydrogen (secondary N) is 2. The van der Waals surface area contributed by atoms with E-state index in [0.717, 1.165) is 11.4 Å². The van der Waals surface area contributed by atoms with Gasteiger partial charge in [0.05, 0.1) is 12.1 Å². The van der Waals surface area contributed by atoms with Crippen molar-refractivity contribution in [2.24, 2.45) is 0 Å². The summed E-state index contributed by atoms with van der Waals surface area (Å²) < 4.78 is 18.8. The van der Waals surface area contributed by atoms with Crippen molar-refractivity contribution >= 4 is 17.4 Å². The van der Waals surface area contributed by atoms with Crippen molar-refractivity contribution in [3.8, 4) is 5.75 Å². The topological polar surface area (TPSA) is 63.2 Å². The Labute approximate surface area is 138 Å². The van der Waals surface area contributed by atoms with Gasteiger partial charge in [0.2, 0.25) is 0 Å². The van der Waals surface area contributed by atoms with Crippen LogP contribution in [0.2, 0.25) is 0 Å². The van der Waals surface area contributed by atoms with Gasteiger partial charge < -0.3 is 15.4 Å². The Kier molecular flexibility index (Phi) is 6.34. The largest absolute Gasteiger partial charge is 0.488 e. The molecular weight excluding hydrogens is 317 g/mol. The fraction of sp³-hybridized carbons (Fsp3) is 0.375. The number of carbonyl (C=O) groups is 1. The van der Waals surface area contributed by atoms with E-state index in [1.807, 2.05) is 12.3 Å². The summed E-state index contributed by atoms with van der Waals surface area (Å²) >= 11 is 1.51. The third-order valence-electron chi connectivity index (χ3n) is 3.17. The maximum Gasteiger partial charge on any atom is 0.315 e. The summed E-state index contributed by atoms with van der Waals surface area (Å²) in [5.74, 6) is -0.241. The van der Waals surface area contributed by atoms with E-state index < -0.39 is 5.82 Å². The second-order valence-corrected chi connectivity index (χ2v) is 6.02. The molecule has 0 unspecified atom stereocenters. The van der Waals surface area contributed by atoms with Crippen LogP contribution >= 0.6 is 11.3 Å². The molecule has 1 heterocycles. The molecule has 0 bridgehead atoms. The van der Waals surface area contributed by atoms with Gasteiger partial charge in [-0.1, -0.05) is 19.1 Å². The molecule has 1 aromatic heterocycles. The second-order valence-electron chi connectivity index (χ2n) is 5.09. The lowest BCUT2D eigenvalue weighted by Gasteiger charge is -2.19. The molecule has 124 valence electrons. The van der Waals surface area contributed by atoms with Crippen LogP contribution in [-0.4, -0.2) is 23.7 Å². The summed E-state index contributed by atoms with van der Waals surface area (Å²) in [6.45, 7) is 3.96. The maximum absolute atomic E-state index is 13.4. The number of para-hydroxylation sites is 1. The van der Waals surface area contributed by atoms with Crippen LogP contribution in [0.3, 0.4) is 0 Å². The minimum absolute atomic E-state index is 0.116. The summed E-state index contributed by atoms with van der Waals surface area (Å²) in [5, 5.41) is 8.40. The van der Waals surface area contributed by atoms with Gasteiger partial charge in [-0.05, 0) is 25.5 Å². The van der Waals surface area contributed by atoms with Crippen molar-refractivity contribution in [2.45, 2.75) is 32.4 Å². The molecule has 0 saturated carbocycles. The van der Waals surface area contributed by atoms with Gasteiger partial charge in [0.15, 0.2) is 11.6 Å². The third kappa shape index (κ3) is 5.21.